The van der Waals surface area contributed by atoms with Crippen LogP contribution in [0.15, 0.2) is 18.6 Å². The normalized spacial score (nSPS) is 10.5. The van der Waals surface area contributed by atoms with Crippen molar-refractivity contribution in [3.8, 4) is 5.82 Å². The number of nitrogen functional groups attached to an aromatic ring is 1. The zero-order valence-electron chi connectivity index (χ0n) is 9.87. The highest BCUT2D eigenvalue weighted by Crippen LogP contribution is 2.13. The molecule has 0 aliphatic carbocycles. The zero-order valence-corrected chi connectivity index (χ0v) is 9.87. The molecular weight excluding hydrogens is 234 g/mol. The predicted molar refractivity (Wildman–Crippen MR) is 64.5 cm³/mol. The Kier molecular flexibility index (Phi) is 3.22. The summed E-state index contributed by atoms with van der Waals surface area (Å²) in [5.41, 5.74) is 6.39. The van der Waals surface area contributed by atoms with Gasteiger partial charge in [-0.1, -0.05) is 13.3 Å². The lowest BCUT2D eigenvalue weighted by atomic mass is 10.2. The summed E-state index contributed by atoms with van der Waals surface area (Å²) in [7, 11) is 0. The van der Waals surface area contributed by atoms with Gasteiger partial charge in [0.2, 0.25) is 0 Å². The molecule has 7 heteroatoms. The summed E-state index contributed by atoms with van der Waals surface area (Å²) in [5.74, 6) is -0.651. The lowest BCUT2D eigenvalue weighted by Gasteiger charge is -2.02. The van der Waals surface area contributed by atoms with Crippen molar-refractivity contribution in [1.82, 2.24) is 19.7 Å². The van der Waals surface area contributed by atoms with Crippen LogP contribution in [0.5, 0.6) is 0 Å². The smallest absolute Gasteiger partial charge is 0.358 e. The van der Waals surface area contributed by atoms with E-state index in [2.05, 4.69) is 22.0 Å². The number of nitrogens with zero attached hydrogens (tertiary/aromatic N) is 4. The second-order valence-corrected chi connectivity index (χ2v) is 3.80. The zero-order chi connectivity index (χ0) is 13.1. The second kappa shape index (κ2) is 4.82. The van der Waals surface area contributed by atoms with Gasteiger partial charge in [-0.2, -0.15) is 5.10 Å². The standard InChI is InChI=1S/C11H13N5O2/c1-2-3-7-4-9(14-6-13-7)16-5-8(12)10(15-16)11(17)18/h4-6H,2-3,12H2,1H3,(H,17,18). The predicted octanol–water partition coefficient (Wildman–Crippen LogP) is 0.895. The topological polar surface area (TPSA) is 107 Å². The maximum atomic E-state index is 10.8. The maximum Gasteiger partial charge on any atom is 0.358 e. The number of carboxylic acids is 1. The van der Waals surface area contributed by atoms with Crippen molar-refractivity contribution in [3.63, 3.8) is 0 Å². The molecule has 0 spiro atoms. The van der Waals surface area contributed by atoms with Crippen molar-refractivity contribution in [3.05, 3.63) is 30.0 Å². The van der Waals surface area contributed by atoms with Crippen molar-refractivity contribution in [1.29, 1.82) is 0 Å². The summed E-state index contributed by atoms with van der Waals surface area (Å²) in [5, 5.41) is 12.8. The van der Waals surface area contributed by atoms with Crippen LogP contribution in [-0.4, -0.2) is 30.8 Å². The van der Waals surface area contributed by atoms with E-state index in [0.29, 0.717) is 5.82 Å². The Labute approximate surface area is 103 Å². The van der Waals surface area contributed by atoms with Crippen LogP contribution in [0.3, 0.4) is 0 Å². The van der Waals surface area contributed by atoms with Gasteiger partial charge in [0.25, 0.3) is 0 Å². The largest absolute Gasteiger partial charge is 0.476 e. The van der Waals surface area contributed by atoms with E-state index >= 15 is 0 Å². The van der Waals surface area contributed by atoms with Crippen molar-refractivity contribution in [2.24, 2.45) is 0 Å². The molecule has 0 fully saturated rings. The third-order valence-electron chi connectivity index (χ3n) is 2.40. The SMILES string of the molecule is CCCc1cc(-n2cc(N)c(C(=O)O)n2)ncn1. The monoisotopic (exact) mass is 247 g/mol. The molecule has 2 heterocycles. The number of aromatic carboxylic acids is 1. The number of carboxylic acid groups (broad SMARTS) is 1. The fourth-order valence-corrected chi connectivity index (χ4v) is 1.57. The lowest BCUT2D eigenvalue weighted by Crippen LogP contribution is -2.04. The van der Waals surface area contributed by atoms with E-state index in [1.807, 2.05) is 0 Å². The summed E-state index contributed by atoms with van der Waals surface area (Å²) in [6, 6.07) is 1.77. The fraction of sp³-hybridized carbons (Fsp3) is 0.273. The van der Waals surface area contributed by atoms with Crippen LogP contribution in [-0.2, 0) is 6.42 Å². The molecule has 0 radical (unpaired) electrons. The first-order valence-electron chi connectivity index (χ1n) is 5.51. The first-order chi connectivity index (χ1) is 8.61. The van der Waals surface area contributed by atoms with Gasteiger partial charge in [-0.25, -0.2) is 19.4 Å². The highest BCUT2D eigenvalue weighted by molar-refractivity contribution is 5.91. The summed E-state index contributed by atoms with van der Waals surface area (Å²) >= 11 is 0. The van der Waals surface area contributed by atoms with E-state index in [1.165, 1.54) is 17.2 Å². The van der Waals surface area contributed by atoms with Gasteiger partial charge in [0.1, 0.15) is 6.33 Å². The molecule has 0 saturated heterocycles. The van der Waals surface area contributed by atoms with E-state index in [9.17, 15) is 4.79 Å². The molecule has 0 bridgehead atoms. The highest BCUT2D eigenvalue weighted by Gasteiger charge is 2.14. The molecule has 2 rings (SSSR count). The number of nitrogens with two attached hydrogens (primary N) is 1. The first kappa shape index (κ1) is 12.0. The molecule has 2 aromatic rings. The molecule has 0 unspecified atom stereocenters. The summed E-state index contributed by atoms with van der Waals surface area (Å²) in [6.07, 6.45) is 4.66. The Hall–Kier alpha value is -2.44. The molecule has 0 saturated carbocycles. The third kappa shape index (κ3) is 2.29. The van der Waals surface area contributed by atoms with Gasteiger partial charge < -0.3 is 10.8 Å². The average molecular weight is 247 g/mol. The minimum absolute atomic E-state index is 0.109. The minimum atomic E-state index is -1.16. The number of carbonyl (C=O) groups is 1. The molecular formula is C11H13N5O2. The molecule has 0 aromatic carbocycles. The summed E-state index contributed by atoms with van der Waals surface area (Å²) in [4.78, 5) is 19.0. The number of aromatic nitrogens is 4. The summed E-state index contributed by atoms with van der Waals surface area (Å²) in [6.45, 7) is 2.05. The Morgan fingerprint density at radius 2 is 2.28 bits per heavy atom. The van der Waals surface area contributed by atoms with E-state index in [1.54, 1.807) is 6.07 Å². The third-order valence-corrected chi connectivity index (χ3v) is 2.40. The van der Waals surface area contributed by atoms with Gasteiger partial charge in [-0.3, -0.25) is 0 Å². The Balaban J connectivity index is 2.39. The molecule has 94 valence electrons. The van der Waals surface area contributed by atoms with Crippen LogP contribution in [0.2, 0.25) is 0 Å². The number of anilines is 1. The molecule has 0 atom stereocenters. The minimum Gasteiger partial charge on any atom is -0.476 e. The Bertz CT molecular complexity index is 579. The summed E-state index contributed by atoms with van der Waals surface area (Å²) < 4.78 is 1.35. The number of rotatable bonds is 4. The van der Waals surface area contributed by atoms with Gasteiger partial charge in [0, 0.05) is 11.8 Å². The molecule has 0 aliphatic heterocycles. The van der Waals surface area contributed by atoms with E-state index in [0.717, 1.165) is 18.5 Å². The van der Waals surface area contributed by atoms with Gasteiger partial charge in [-0.05, 0) is 6.42 Å². The average Bonchev–Trinajstić information content (AvgIpc) is 2.72. The van der Waals surface area contributed by atoms with Crippen molar-refractivity contribution >= 4 is 11.7 Å². The van der Waals surface area contributed by atoms with Crippen LogP contribution in [0.1, 0.15) is 29.5 Å². The van der Waals surface area contributed by atoms with E-state index in [-0.39, 0.29) is 11.4 Å². The molecule has 0 amide bonds. The van der Waals surface area contributed by atoms with Crippen molar-refractivity contribution in [2.75, 3.05) is 5.73 Å². The number of aryl methyl sites for hydroxylation is 1. The van der Waals surface area contributed by atoms with Crippen LogP contribution >= 0.6 is 0 Å². The van der Waals surface area contributed by atoms with Gasteiger partial charge in [0.05, 0.1) is 11.9 Å². The Morgan fingerprint density at radius 1 is 1.50 bits per heavy atom. The molecule has 0 aliphatic rings. The van der Waals surface area contributed by atoms with Crippen LogP contribution in [0.25, 0.3) is 5.82 Å². The number of hydrogen-bond acceptors (Lipinski definition) is 5. The van der Waals surface area contributed by atoms with Gasteiger partial charge >= 0.3 is 5.97 Å². The Morgan fingerprint density at radius 3 is 2.89 bits per heavy atom. The quantitative estimate of drug-likeness (QED) is 0.831. The molecule has 3 N–H and O–H groups in total. The van der Waals surface area contributed by atoms with E-state index < -0.39 is 5.97 Å². The highest BCUT2D eigenvalue weighted by atomic mass is 16.4. The van der Waals surface area contributed by atoms with Gasteiger partial charge in [0.15, 0.2) is 11.5 Å². The second-order valence-electron chi connectivity index (χ2n) is 3.80. The molecule has 18 heavy (non-hydrogen) atoms. The fourth-order valence-electron chi connectivity index (χ4n) is 1.57. The first-order valence-corrected chi connectivity index (χ1v) is 5.51. The van der Waals surface area contributed by atoms with Crippen molar-refractivity contribution < 1.29 is 9.90 Å². The molecule has 2 aromatic heterocycles. The van der Waals surface area contributed by atoms with E-state index in [4.69, 9.17) is 10.8 Å². The molecule has 7 nitrogen and oxygen atoms in total. The van der Waals surface area contributed by atoms with Crippen molar-refractivity contribution in [2.45, 2.75) is 19.8 Å². The van der Waals surface area contributed by atoms with Crippen LogP contribution < -0.4 is 5.73 Å². The lowest BCUT2D eigenvalue weighted by molar-refractivity contribution is 0.0691. The van der Waals surface area contributed by atoms with Crippen LogP contribution in [0, 0.1) is 0 Å². The van der Waals surface area contributed by atoms with Gasteiger partial charge in [-0.15, -0.1) is 0 Å². The maximum absolute atomic E-state index is 10.8. The number of hydrogen-bond donors (Lipinski definition) is 2. The van der Waals surface area contributed by atoms with Crippen LogP contribution in [0.4, 0.5) is 5.69 Å².